The molecule has 0 heterocycles. The van der Waals surface area contributed by atoms with Crippen molar-refractivity contribution >= 4 is 43.5 Å². The number of hydrogen-bond acceptors (Lipinski definition) is 0. The van der Waals surface area contributed by atoms with Gasteiger partial charge in [0.2, 0.25) is 0 Å². The van der Waals surface area contributed by atoms with Gasteiger partial charge < -0.3 is 0 Å². The average molecular weight is 425 g/mol. The number of hydrogen-bond donors (Lipinski definition) is 0. The second-order valence-electron chi connectivity index (χ2n) is 4.58. The summed E-state index contributed by atoms with van der Waals surface area (Å²) in [7, 11) is 0. The molecular formula is C15H11Br2ClF2. The Morgan fingerprint density at radius 2 is 1.65 bits per heavy atom. The fourth-order valence-corrected chi connectivity index (χ4v) is 3.48. The SMILES string of the molecule is Cc1cc(Br)c(C(Cl)c2c(F)ccc(C)c2F)cc1Br. The van der Waals surface area contributed by atoms with E-state index < -0.39 is 17.0 Å². The average Bonchev–Trinajstić information content (AvgIpc) is 2.38. The van der Waals surface area contributed by atoms with Crippen LogP contribution in [0.1, 0.15) is 27.6 Å². The minimum absolute atomic E-state index is 0.122. The highest BCUT2D eigenvalue weighted by Crippen LogP contribution is 2.39. The highest BCUT2D eigenvalue weighted by molar-refractivity contribution is 9.11. The first kappa shape index (κ1) is 15.9. The lowest BCUT2D eigenvalue weighted by Crippen LogP contribution is -2.04. The van der Waals surface area contributed by atoms with Gasteiger partial charge in [0.25, 0.3) is 0 Å². The second-order valence-corrected chi connectivity index (χ2v) is 6.72. The van der Waals surface area contributed by atoms with Gasteiger partial charge in [-0.15, -0.1) is 11.6 Å². The van der Waals surface area contributed by atoms with Crippen LogP contribution in [0.4, 0.5) is 8.78 Å². The summed E-state index contributed by atoms with van der Waals surface area (Å²) in [6.45, 7) is 3.51. The Bertz CT molecular complexity index is 671. The normalized spacial score (nSPS) is 12.6. The molecule has 2 aromatic rings. The summed E-state index contributed by atoms with van der Waals surface area (Å²) in [4.78, 5) is 0. The fourth-order valence-electron chi connectivity index (χ4n) is 1.92. The maximum Gasteiger partial charge on any atom is 0.134 e. The molecule has 2 rings (SSSR count). The summed E-state index contributed by atoms with van der Waals surface area (Å²) in [5, 5.41) is -0.902. The van der Waals surface area contributed by atoms with Crippen molar-refractivity contribution in [1.29, 1.82) is 0 Å². The highest BCUT2D eigenvalue weighted by atomic mass is 79.9. The van der Waals surface area contributed by atoms with E-state index in [9.17, 15) is 8.78 Å². The van der Waals surface area contributed by atoms with Crippen molar-refractivity contribution < 1.29 is 8.78 Å². The number of halogens is 5. The zero-order valence-corrected chi connectivity index (χ0v) is 14.7. The Morgan fingerprint density at radius 3 is 2.30 bits per heavy atom. The van der Waals surface area contributed by atoms with Gasteiger partial charge in [-0.25, -0.2) is 8.78 Å². The van der Waals surface area contributed by atoms with E-state index in [1.807, 2.05) is 13.0 Å². The van der Waals surface area contributed by atoms with Gasteiger partial charge >= 0.3 is 0 Å². The summed E-state index contributed by atoms with van der Waals surface area (Å²) < 4.78 is 29.6. The molecule has 1 unspecified atom stereocenters. The van der Waals surface area contributed by atoms with Gasteiger partial charge in [0.05, 0.1) is 5.38 Å². The van der Waals surface area contributed by atoms with Crippen molar-refractivity contribution in [2.75, 3.05) is 0 Å². The molecule has 1 atom stereocenters. The van der Waals surface area contributed by atoms with Gasteiger partial charge in [-0.1, -0.05) is 37.9 Å². The van der Waals surface area contributed by atoms with Gasteiger partial charge in [-0.2, -0.15) is 0 Å². The Morgan fingerprint density at radius 1 is 1.00 bits per heavy atom. The minimum atomic E-state index is -0.902. The summed E-state index contributed by atoms with van der Waals surface area (Å²) in [5.41, 5.74) is 1.87. The summed E-state index contributed by atoms with van der Waals surface area (Å²) in [6.07, 6.45) is 0. The predicted molar refractivity (Wildman–Crippen MR) is 85.4 cm³/mol. The van der Waals surface area contributed by atoms with Crippen molar-refractivity contribution in [2.45, 2.75) is 19.2 Å². The van der Waals surface area contributed by atoms with Crippen LogP contribution in [0.5, 0.6) is 0 Å². The lowest BCUT2D eigenvalue weighted by Gasteiger charge is -2.16. The molecule has 5 heteroatoms. The van der Waals surface area contributed by atoms with E-state index in [4.69, 9.17) is 11.6 Å². The molecule has 20 heavy (non-hydrogen) atoms. The van der Waals surface area contributed by atoms with Crippen LogP contribution in [0.15, 0.2) is 33.2 Å². The van der Waals surface area contributed by atoms with Gasteiger partial charge in [-0.05, 0) is 48.7 Å². The van der Waals surface area contributed by atoms with Gasteiger partial charge in [0.15, 0.2) is 0 Å². The quantitative estimate of drug-likeness (QED) is 0.487. The molecule has 0 aromatic heterocycles. The summed E-state index contributed by atoms with van der Waals surface area (Å²) >= 11 is 13.1. The van der Waals surface area contributed by atoms with E-state index in [-0.39, 0.29) is 5.56 Å². The summed E-state index contributed by atoms with van der Waals surface area (Å²) in [5.74, 6) is -1.25. The zero-order valence-electron chi connectivity index (χ0n) is 10.8. The van der Waals surface area contributed by atoms with Crippen LogP contribution >= 0.6 is 43.5 Å². The standard InChI is InChI=1S/C15H11Br2ClF2/c1-7-3-4-12(19)13(15(7)20)14(18)9-6-10(16)8(2)5-11(9)17/h3-6,14H,1-2H3. The first-order valence-corrected chi connectivity index (χ1v) is 7.89. The van der Waals surface area contributed by atoms with Gasteiger partial charge in [0, 0.05) is 14.5 Å². The third-order valence-corrected chi connectivity index (χ3v) is 5.12. The Balaban J connectivity index is 2.60. The van der Waals surface area contributed by atoms with Crippen LogP contribution in [0, 0.1) is 25.5 Å². The van der Waals surface area contributed by atoms with E-state index in [1.54, 1.807) is 13.0 Å². The van der Waals surface area contributed by atoms with Crippen molar-refractivity contribution in [3.8, 4) is 0 Å². The first-order chi connectivity index (χ1) is 9.32. The molecule has 106 valence electrons. The first-order valence-electron chi connectivity index (χ1n) is 5.87. The molecule has 0 fully saturated rings. The van der Waals surface area contributed by atoms with E-state index in [0.29, 0.717) is 11.1 Å². The van der Waals surface area contributed by atoms with Crippen molar-refractivity contribution in [3.05, 3.63) is 67.1 Å². The molecule has 0 saturated carbocycles. The van der Waals surface area contributed by atoms with E-state index in [1.165, 1.54) is 12.1 Å². The van der Waals surface area contributed by atoms with Crippen LogP contribution < -0.4 is 0 Å². The minimum Gasteiger partial charge on any atom is -0.207 e. The van der Waals surface area contributed by atoms with Crippen LogP contribution in [-0.4, -0.2) is 0 Å². The van der Waals surface area contributed by atoms with Crippen LogP contribution in [0.3, 0.4) is 0 Å². The molecule has 0 amide bonds. The smallest absolute Gasteiger partial charge is 0.134 e. The van der Waals surface area contributed by atoms with Crippen molar-refractivity contribution in [1.82, 2.24) is 0 Å². The molecule has 0 nitrogen and oxygen atoms in total. The number of rotatable bonds is 2. The lowest BCUT2D eigenvalue weighted by molar-refractivity contribution is 0.553. The second kappa shape index (κ2) is 6.12. The Hall–Kier alpha value is -0.450. The number of alkyl halides is 1. The third kappa shape index (κ3) is 2.92. The van der Waals surface area contributed by atoms with Gasteiger partial charge in [-0.3, -0.25) is 0 Å². The van der Waals surface area contributed by atoms with Crippen molar-refractivity contribution in [2.24, 2.45) is 0 Å². The lowest BCUT2D eigenvalue weighted by atomic mass is 10.00. The molecule has 0 spiro atoms. The molecule has 0 radical (unpaired) electrons. The molecule has 0 aliphatic rings. The van der Waals surface area contributed by atoms with Crippen molar-refractivity contribution in [3.63, 3.8) is 0 Å². The largest absolute Gasteiger partial charge is 0.207 e. The van der Waals surface area contributed by atoms with E-state index >= 15 is 0 Å². The highest BCUT2D eigenvalue weighted by Gasteiger charge is 2.23. The Labute approximate surface area is 138 Å². The zero-order chi connectivity index (χ0) is 15.0. The number of aryl methyl sites for hydroxylation is 2. The monoisotopic (exact) mass is 422 g/mol. The van der Waals surface area contributed by atoms with Crippen LogP contribution in [0.25, 0.3) is 0 Å². The van der Waals surface area contributed by atoms with E-state index in [2.05, 4.69) is 31.9 Å². The molecule has 0 N–H and O–H groups in total. The van der Waals surface area contributed by atoms with E-state index in [0.717, 1.165) is 14.5 Å². The number of benzene rings is 2. The predicted octanol–water partition coefficient (Wildman–Crippen LogP) is 6.43. The maximum absolute atomic E-state index is 14.2. The molecule has 0 saturated heterocycles. The summed E-state index contributed by atoms with van der Waals surface area (Å²) in [6, 6.07) is 6.27. The third-order valence-electron chi connectivity index (χ3n) is 3.12. The maximum atomic E-state index is 14.2. The van der Waals surface area contributed by atoms with Crippen LogP contribution in [0.2, 0.25) is 0 Å². The molecule has 0 bridgehead atoms. The Kier molecular flexibility index (Phi) is 4.88. The molecule has 0 aliphatic carbocycles. The van der Waals surface area contributed by atoms with Crippen LogP contribution in [-0.2, 0) is 0 Å². The van der Waals surface area contributed by atoms with Gasteiger partial charge in [0.1, 0.15) is 11.6 Å². The molecule has 0 aliphatic heterocycles. The molecule has 2 aromatic carbocycles. The molecular weight excluding hydrogens is 413 g/mol. The fraction of sp³-hybridized carbons (Fsp3) is 0.200. The topological polar surface area (TPSA) is 0 Å².